The summed E-state index contributed by atoms with van der Waals surface area (Å²) in [6.45, 7) is 0.718. The van der Waals surface area contributed by atoms with Gasteiger partial charge in [0.15, 0.2) is 0 Å². The Labute approximate surface area is 153 Å². The zero-order valence-corrected chi connectivity index (χ0v) is 14.6. The first-order chi connectivity index (χ1) is 12.7. The van der Waals surface area contributed by atoms with Gasteiger partial charge < -0.3 is 10.0 Å². The highest BCUT2D eigenvalue weighted by Crippen LogP contribution is 2.29. The zero-order valence-electron chi connectivity index (χ0n) is 14.6. The molecule has 0 spiro atoms. The van der Waals surface area contributed by atoms with Crippen molar-refractivity contribution in [1.82, 2.24) is 9.88 Å². The fraction of sp³-hybridized carbons (Fsp3) is 0.273. The van der Waals surface area contributed by atoms with E-state index in [9.17, 15) is 9.90 Å². The monoisotopic (exact) mass is 346 g/mol. The van der Waals surface area contributed by atoms with E-state index in [2.05, 4.69) is 4.98 Å². The van der Waals surface area contributed by atoms with Crippen molar-refractivity contribution in [2.75, 3.05) is 6.54 Å². The molecule has 0 aliphatic carbocycles. The molecule has 0 bridgehead atoms. The maximum absolute atomic E-state index is 13.2. The predicted octanol–water partition coefficient (Wildman–Crippen LogP) is 3.96. The van der Waals surface area contributed by atoms with Gasteiger partial charge in [-0.25, -0.2) is 0 Å². The SMILES string of the molecule is O=C(c1nccc2ccccc12)N1CCCC1CC(O)c1ccccc1. The number of benzene rings is 2. The van der Waals surface area contributed by atoms with E-state index in [4.69, 9.17) is 0 Å². The fourth-order valence-electron chi connectivity index (χ4n) is 3.84. The molecule has 4 nitrogen and oxygen atoms in total. The number of hydrogen-bond acceptors (Lipinski definition) is 3. The van der Waals surface area contributed by atoms with E-state index in [1.807, 2.05) is 65.6 Å². The van der Waals surface area contributed by atoms with Gasteiger partial charge in [-0.05, 0) is 36.3 Å². The minimum Gasteiger partial charge on any atom is -0.388 e. The van der Waals surface area contributed by atoms with Gasteiger partial charge in [0.05, 0.1) is 6.10 Å². The summed E-state index contributed by atoms with van der Waals surface area (Å²) in [7, 11) is 0. The second-order valence-corrected chi connectivity index (χ2v) is 6.84. The van der Waals surface area contributed by atoms with Crippen molar-refractivity contribution in [2.24, 2.45) is 0 Å². The predicted molar refractivity (Wildman–Crippen MR) is 102 cm³/mol. The van der Waals surface area contributed by atoms with Crippen LogP contribution in [0.3, 0.4) is 0 Å². The van der Waals surface area contributed by atoms with Gasteiger partial charge >= 0.3 is 0 Å². The Kier molecular flexibility index (Phi) is 4.67. The van der Waals surface area contributed by atoms with E-state index in [1.54, 1.807) is 6.20 Å². The van der Waals surface area contributed by atoms with Gasteiger partial charge in [0.1, 0.15) is 5.69 Å². The first-order valence-corrected chi connectivity index (χ1v) is 9.12. The highest BCUT2D eigenvalue weighted by molar-refractivity contribution is 6.05. The molecule has 1 saturated heterocycles. The lowest BCUT2D eigenvalue weighted by Gasteiger charge is -2.27. The molecule has 0 saturated carbocycles. The number of aromatic nitrogens is 1. The molecule has 1 aliphatic heterocycles. The summed E-state index contributed by atoms with van der Waals surface area (Å²) < 4.78 is 0. The number of amides is 1. The molecule has 2 atom stereocenters. The number of hydrogen-bond donors (Lipinski definition) is 1. The third-order valence-corrected chi connectivity index (χ3v) is 5.19. The summed E-state index contributed by atoms with van der Waals surface area (Å²) in [6.07, 6.45) is 3.57. The molecule has 2 aromatic carbocycles. The number of carbonyl (C=O) groups is 1. The average molecular weight is 346 g/mol. The fourth-order valence-corrected chi connectivity index (χ4v) is 3.84. The summed E-state index contributed by atoms with van der Waals surface area (Å²) in [6, 6.07) is 19.4. The Balaban J connectivity index is 1.57. The van der Waals surface area contributed by atoms with E-state index >= 15 is 0 Å². The molecule has 26 heavy (non-hydrogen) atoms. The van der Waals surface area contributed by atoms with Crippen LogP contribution < -0.4 is 0 Å². The molecule has 1 aromatic heterocycles. The highest BCUT2D eigenvalue weighted by atomic mass is 16.3. The molecule has 1 fully saturated rings. The number of aliphatic hydroxyl groups is 1. The highest BCUT2D eigenvalue weighted by Gasteiger charge is 2.32. The molecule has 132 valence electrons. The number of carbonyl (C=O) groups excluding carboxylic acids is 1. The molecule has 4 heteroatoms. The van der Waals surface area contributed by atoms with E-state index in [-0.39, 0.29) is 11.9 Å². The van der Waals surface area contributed by atoms with Crippen LogP contribution >= 0.6 is 0 Å². The van der Waals surface area contributed by atoms with Crippen molar-refractivity contribution in [2.45, 2.75) is 31.4 Å². The summed E-state index contributed by atoms with van der Waals surface area (Å²) in [5.41, 5.74) is 1.40. The molecule has 1 N–H and O–H groups in total. The Bertz CT molecular complexity index is 905. The van der Waals surface area contributed by atoms with E-state index in [0.717, 1.165) is 35.7 Å². The van der Waals surface area contributed by atoms with Crippen LogP contribution in [0.5, 0.6) is 0 Å². The van der Waals surface area contributed by atoms with Gasteiger partial charge in [-0.2, -0.15) is 0 Å². The van der Waals surface area contributed by atoms with Gasteiger partial charge in [0.25, 0.3) is 5.91 Å². The van der Waals surface area contributed by atoms with Crippen molar-refractivity contribution in [3.8, 4) is 0 Å². The number of aliphatic hydroxyl groups excluding tert-OH is 1. The number of likely N-dealkylation sites (tertiary alicyclic amines) is 1. The molecular formula is C22H22N2O2. The van der Waals surface area contributed by atoms with Crippen molar-refractivity contribution in [1.29, 1.82) is 0 Å². The first-order valence-electron chi connectivity index (χ1n) is 9.12. The molecule has 3 aromatic rings. The Morgan fingerprint density at radius 3 is 2.73 bits per heavy atom. The lowest BCUT2D eigenvalue weighted by Crippen LogP contribution is -2.37. The number of pyridine rings is 1. The Morgan fingerprint density at radius 2 is 1.88 bits per heavy atom. The van der Waals surface area contributed by atoms with E-state index in [0.29, 0.717) is 12.1 Å². The molecule has 1 amide bonds. The summed E-state index contributed by atoms with van der Waals surface area (Å²) in [5.74, 6) is -0.0374. The molecule has 2 heterocycles. The van der Waals surface area contributed by atoms with Gasteiger partial charge in [-0.1, -0.05) is 54.6 Å². The zero-order chi connectivity index (χ0) is 17.9. The van der Waals surface area contributed by atoms with Crippen LogP contribution in [0.2, 0.25) is 0 Å². The minimum absolute atomic E-state index is 0.0374. The van der Waals surface area contributed by atoms with Crippen LogP contribution in [0.15, 0.2) is 66.9 Å². The standard InChI is InChI=1S/C22H22N2O2/c25-20(17-8-2-1-3-9-17)15-18-10-6-14-24(18)22(26)21-19-11-5-4-7-16(19)12-13-23-21/h1-5,7-9,11-13,18,20,25H,6,10,14-15H2. The van der Waals surface area contributed by atoms with Gasteiger partial charge in [-0.3, -0.25) is 9.78 Å². The smallest absolute Gasteiger partial charge is 0.273 e. The third-order valence-electron chi connectivity index (χ3n) is 5.19. The number of fused-ring (bicyclic) bond motifs is 1. The minimum atomic E-state index is -0.560. The third kappa shape index (κ3) is 3.20. The van der Waals surface area contributed by atoms with Crippen molar-refractivity contribution in [3.05, 3.63) is 78.1 Å². The Hall–Kier alpha value is -2.72. The maximum atomic E-state index is 13.2. The van der Waals surface area contributed by atoms with Crippen LogP contribution in [0, 0.1) is 0 Å². The van der Waals surface area contributed by atoms with Crippen molar-refractivity contribution >= 4 is 16.7 Å². The number of rotatable bonds is 4. The molecule has 0 radical (unpaired) electrons. The Morgan fingerprint density at radius 1 is 1.12 bits per heavy atom. The van der Waals surface area contributed by atoms with Crippen LogP contribution in [0.25, 0.3) is 10.8 Å². The summed E-state index contributed by atoms with van der Waals surface area (Å²) in [4.78, 5) is 19.4. The van der Waals surface area contributed by atoms with Crippen LogP contribution in [-0.2, 0) is 0 Å². The van der Waals surface area contributed by atoms with Gasteiger partial charge in [0, 0.05) is 24.2 Å². The largest absolute Gasteiger partial charge is 0.388 e. The number of nitrogens with zero attached hydrogens (tertiary/aromatic N) is 2. The van der Waals surface area contributed by atoms with E-state index in [1.165, 1.54) is 0 Å². The average Bonchev–Trinajstić information content (AvgIpc) is 3.15. The molecule has 4 rings (SSSR count). The summed E-state index contributed by atoms with van der Waals surface area (Å²) >= 11 is 0. The quantitative estimate of drug-likeness (QED) is 0.778. The molecule has 2 unspecified atom stereocenters. The van der Waals surface area contributed by atoms with Crippen molar-refractivity contribution < 1.29 is 9.90 Å². The first kappa shape index (κ1) is 16.7. The summed E-state index contributed by atoms with van der Waals surface area (Å²) in [5, 5.41) is 12.5. The normalized spacial score (nSPS) is 18.2. The van der Waals surface area contributed by atoms with Crippen LogP contribution in [0.4, 0.5) is 0 Å². The maximum Gasteiger partial charge on any atom is 0.273 e. The lowest BCUT2D eigenvalue weighted by atomic mass is 10.00. The molecule has 1 aliphatic rings. The second kappa shape index (κ2) is 7.26. The van der Waals surface area contributed by atoms with E-state index < -0.39 is 6.10 Å². The topological polar surface area (TPSA) is 53.4 Å². The molecular weight excluding hydrogens is 324 g/mol. The van der Waals surface area contributed by atoms with Crippen molar-refractivity contribution in [3.63, 3.8) is 0 Å². The van der Waals surface area contributed by atoms with Crippen LogP contribution in [0.1, 0.15) is 41.4 Å². The van der Waals surface area contributed by atoms with Gasteiger partial charge in [-0.15, -0.1) is 0 Å². The van der Waals surface area contributed by atoms with Gasteiger partial charge in [0.2, 0.25) is 0 Å². The second-order valence-electron chi connectivity index (χ2n) is 6.84. The lowest BCUT2D eigenvalue weighted by molar-refractivity contribution is 0.0663. The van der Waals surface area contributed by atoms with Crippen LogP contribution in [-0.4, -0.2) is 33.5 Å².